The van der Waals surface area contributed by atoms with Crippen LogP contribution in [0.25, 0.3) is 0 Å². The molecule has 0 atom stereocenters. The zero-order valence-corrected chi connectivity index (χ0v) is 6.67. The Labute approximate surface area is 62.4 Å². The van der Waals surface area contributed by atoms with E-state index >= 15 is 0 Å². The van der Waals surface area contributed by atoms with Crippen LogP contribution in [0, 0.1) is 0 Å². The molecule has 1 heterocycles. The molecule has 0 saturated carbocycles. The lowest BCUT2D eigenvalue weighted by Crippen LogP contribution is -1.68. The number of oxazole rings is 1. The van der Waals surface area contributed by atoms with Gasteiger partial charge in [-0.05, 0) is 6.26 Å². The molecular formula is C5H7NOS2. The minimum absolute atomic E-state index is 0.754. The summed E-state index contributed by atoms with van der Waals surface area (Å²) in [4.78, 5) is 3.94. The van der Waals surface area contributed by atoms with Gasteiger partial charge in [-0.15, -0.1) is 0 Å². The van der Waals surface area contributed by atoms with Gasteiger partial charge >= 0.3 is 0 Å². The van der Waals surface area contributed by atoms with Crippen molar-refractivity contribution >= 4 is 23.5 Å². The molecule has 1 rings (SSSR count). The molecular weight excluding hydrogens is 154 g/mol. The second-order valence-corrected chi connectivity index (χ2v) is 3.51. The lowest BCUT2D eigenvalue weighted by atomic mass is 11.0. The van der Waals surface area contributed by atoms with E-state index in [0.29, 0.717) is 0 Å². The quantitative estimate of drug-likeness (QED) is 0.501. The van der Waals surface area contributed by atoms with Crippen LogP contribution in [0.2, 0.25) is 0 Å². The Morgan fingerprint density at radius 1 is 1.78 bits per heavy atom. The predicted molar refractivity (Wildman–Crippen MR) is 40.7 cm³/mol. The standard InChI is InChI=1S/C5H7NOS2/c1-8-4-9-5-6-2-3-7-5/h2-3H,4H2,1H3. The van der Waals surface area contributed by atoms with Gasteiger partial charge in [0.15, 0.2) is 0 Å². The van der Waals surface area contributed by atoms with Crippen molar-refractivity contribution in [2.45, 2.75) is 5.22 Å². The van der Waals surface area contributed by atoms with Crippen molar-refractivity contribution in [2.24, 2.45) is 0 Å². The summed E-state index contributed by atoms with van der Waals surface area (Å²) in [7, 11) is 0. The zero-order chi connectivity index (χ0) is 6.53. The van der Waals surface area contributed by atoms with E-state index in [0.717, 1.165) is 10.3 Å². The van der Waals surface area contributed by atoms with Crippen molar-refractivity contribution in [1.29, 1.82) is 0 Å². The molecule has 0 saturated heterocycles. The third-order valence-corrected chi connectivity index (χ3v) is 2.57. The molecule has 4 heteroatoms. The minimum Gasteiger partial charge on any atom is -0.440 e. The fraction of sp³-hybridized carbons (Fsp3) is 0.400. The van der Waals surface area contributed by atoms with Gasteiger partial charge in [-0.25, -0.2) is 4.98 Å². The second kappa shape index (κ2) is 3.85. The first-order valence-corrected chi connectivity index (χ1v) is 4.82. The molecule has 0 unspecified atom stereocenters. The smallest absolute Gasteiger partial charge is 0.256 e. The summed E-state index contributed by atoms with van der Waals surface area (Å²) >= 11 is 3.38. The Balaban J connectivity index is 2.30. The highest BCUT2D eigenvalue weighted by Crippen LogP contribution is 2.18. The fourth-order valence-corrected chi connectivity index (χ4v) is 1.52. The average molecular weight is 161 g/mol. The SMILES string of the molecule is CSCSc1ncco1. The average Bonchev–Trinajstić information content (AvgIpc) is 2.34. The summed E-state index contributed by atoms with van der Waals surface area (Å²) < 4.78 is 4.97. The van der Waals surface area contributed by atoms with Gasteiger partial charge in [-0.3, -0.25) is 0 Å². The van der Waals surface area contributed by atoms with Gasteiger partial charge < -0.3 is 4.42 Å². The summed E-state index contributed by atoms with van der Waals surface area (Å²) in [6.45, 7) is 0. The molecule has 0 aliphatic rings. The van der Waals surface area contributed by atoms with E-state index in [4.69, 9.17) is 4.42 Å². The van der Waals surface area contributed by atoms with E-state index in [9.17, 15) is 0 Å². The van der Waals surface area contributed by atoms with Gasteiger partial charge in [0.1, 0.15) is 6.26 Å². The summed E-state index contributed by atoms with van der Waals surface area (Å²) in [5.74, 6) is 0. The maximum Gasteiger partial charge on any atom is 0.256 e. The van der Waals surface area contributed by atoms with Crippen LogP contribution < -0.4 is 0 Å². The van der Waals surface area contributed by atoms with Crippen molar-refractivity contribution in [2.75, 3.05) is 11.3 Å². The maximum absolute atomic E-state index is 4.97. The molecule has 0 aliphatic carbocycles. The third kappa shape index (κ3) is 2.32. The molecule has 0 bridgehead atoms. The Morgan fingerprint density at radius 3 is 3.22 bits per heavy atom. The number of hydrogen-bond acceptors (Lipinski definition) is 4. The molecule has 0 spiro atoms. The zero-order valence-electron chi connectivity index (χ0n) is 5.03. The molecule has 0 aliphatic heterocycles. The molecule has 0 amide bonds. The van der Waals surface area contributed by atoms with Crippen molar-refractivity contribution in [3.63, 3.8) is 0 Å². The van der Waals surface area contributed by atoms with Crippen LogP contribution in [0.4, 0.5) is 0 Å². The van der Waals surface area contributed by atoms with Gasteiger partial charge in [0, 0.05) is 5.08 Å². The largest absolute Gasteiger partial charge is 0.440 e. The van der Waals surface area contributed by atoms with Crippen LogP contribution in [0.3, 0.4) is 0 Å². The number of nitrogens with zero attached hydrogens (tertiary/aromatic N) is 1. The van der Waals surface area contributed by atoms with Crippen LogP contribution in [0.1, 0.15) is 0 Å². The van der Waals surface area contributed by atoms with E-state index in [1.165, 1.54) is 0 Å². The Kier molecular flexibility index (Phi) is 3.00. The fourth-order valence-electron chi connectivity index (χ4n) is 0.391. The Hall–Kier alpha value is -0.0900. The monoisotopic (exact) mass is 161 g/mol. The lowest BCUT2D eigenvalue weighted by Gasteiger charge is -1.88. The predicted octanol–water partition coefficient (Wildman–Crippen LogP) is 2.09. The summed E-state index contributed by atoms with van der Waals surface area (Å²) in [5.41, 5.74) is 0. The molecule has 0 aromatic carbocycles. The molecule has 50 valence electrons. The third-order valence-electron chi connectivity index (χ3n) is 0.710. The number of hydrogen-bond donors (Lipinski definition) is 0. The molecule has 9 heavy (non-hydrogen) atoms. The van der Waals surface area contributed by atoms with Crippen LogP contribution in [0.5, 0.6) is 0 Å². The van der Waals surface area contributed by atoms with E-state index in [1.54, 1.807) is 36.0 Å². The summed E-state index contributed by atoms with van der Waals surface area (Å²) in [5, 5.41) is 1.75. The highest BCUT2D eigenvalue weighted by molar-refractivity contribution is 8.15. The topological polar surface area (TPSA) is 26.0 Å². The van der Waals surface area contributed by atoms with Gasteiger partial charge in [-0.2, -0.15) is 11.8 Å². The number of thioether (sulfide) groups is 2. The van der Waals surface area contributed by atoms with Crippen LogP contribution >= 0.6 is 23.5 Å². The van der Waals surface area contributed by atoms with E-state index in [2.05, 4.69) is 11.2 Å². The minimum atomic E-state index is 0.754. The van der Waals surface area contributed by atoms with E-state index < -0.39 is 0 Å². The summed E-state index contributed by atoms with van der Waals surface area (Å²) in [6, 6.07) is 0. The van der Waals surface area contributed by atoms with Crippen LogP contribution in [0.15, 0.2) is 22.1 Å². The molecule has 1 aromatic rings. The lowest BCUT2D eigenvalue weighted by molar-refractivity contribution is 0.454. The van der Waals surface area contributed by atoms with Gasteiger partial charge in [0.25, 0.3) is 5.22 Å². The Morgan fingerprint density at radius 2 is 2.67 bits per heavy atom. The first-order valence-electron chi connectivity index (χ1n) is 2.44. The van der Waals surface area contributed by atoms with Crippen molar-refractivity contribution in [3.8, 4) is 0 Å². The Bertz CT molecular complexity index is 152. The molecule has 0 N–H and O–H groups in total. The maximum atomic E-state index is 4.97. The molecule has 1 aromatic heterocycles. The van der Waals surface area contributed by atoms with E-state index in [1.807, 2.05) is 0 Å². The second-order valence-electron chi connectivity index (χ2n) is 1.35. The van der Waals surface area contributed by atoms with Gasteiger partial charge in [-0.1, -0.05) is 11.8 Å². The first-order chi connectivity index (χ1) is 4.43. The van der Waals surface area contributed by atoms with Gasteiger partial charge in [0.05, 0.1) is 6.20 Å². The van der Waals surface area contributed by atoms with Crippen molar-refractivity contribution in [1.82, 2.24) is 4.98 Å². The normalized spacial score (nSPS) is 9.89. The molecule has 0 radical (unpaired) electrons. The number of rotatable bonds is 3. The first kappa shape index (κ1) is 7.02. The summed E-state index contributed by atoms with van der Waals surface area (Å²) in [6.07, 6.45) is 5.29. The van der Waals surface area contributed by atoms with E-state index in [-0.39, 0.29) is 0 Å². The van der Waals surface area contributed by atoms with Crippen molar-refractivity contribution in [3.05, 3.63) is 12.5 Å². The highest BCUT2D eigenvalue weighted by atomic mass is 32.2. The van der Waals surface area contributed by atoms with Crippen molar-refractivity contribution < 1.29 is 4.42 Å². The van der Waals surface area contributed by atoms with Crippen LogP contribution in [-0.4, -0.2) is 16.3 Å². The highest BCUT2D eigenvalue weighted by Gasteiger charge is 1.94. The van der Waals surface area contributed by atoms with Gasteiger partial charge in [0.2, 0.25) is 0 Å². The molecule has 0 fully saturated rings. The number of aromatic nitrogens is 1. The van der Waals surface area contributed by atoms with Crippen LogP contribution in [-0.2, 0) is 0 Å². The molecule has 2 nitrogen and oxygen atoms in total.